The molecule has 0 aromatic rings. The molecule has 70 valence electrons. The van der Waals surface area contributed by atoms with Crippen molar-refractivity contribution in [2.24, 2.45) is 0 Å². The number of rotatable bonds is 4. The zero-order valence-corrected chi connectivity index (χ0v) is 7.64. The smallest absolute Gasteiger partial charge is 0.306 e. The predicted octanol–water partition coefficient (Wildman–Crippen LogP) is 1.08. The maximum atomic E-state index is 10.7. The lowest BCUT2D eigenvalue weighted by Crippen LogP contribution is -2.28. The molecule has 0 aliphatic heterocycles. The van der Waals surface area contributed by atoms with Crippen LogP contribution < -0.4 is 5.32 Å². The zero-order chi connectivity index (χ0) is 8.81. The summed E-state index contributed by atoms with van der Waals surface area (Å²) in [6.07, 6.45) is 5.68. The van der Waals surface area contributed by atoms with E-state index in [1.165, 1.54) is 32.8 Å². The van der Waals surface area contributed by atoms with Crippen molar-refractivity contribution >= 4 is 5.97 Å². The van der Waals surface area contributed by atoms with Gasteiger partial charge in [-0.3, -0.25) is 4.79 Å². The van der Waals surface area contributed by atoms with E-state index in [0.29, 0.717) is 12.5 Å². The second-order valence-electron chi connectivity index (χ2n) is 3.26. The third kappa shape index (κ3) is 3.22. The van der Waals surface area contributed by atoms with Crippen molar-refractivity contribution in [1.82, 2.24) is 5.32 Å². The molecule has 0 spiro atoms. The van der Waals surface area contributed by atoms with E-state index in [2.05, 4.69) is 10.1 Å². The Morgan fingerprint density at radius 3 is 2.75 bits per heavy atom. The standard InChI is InChI=1S/C9H17NO2/c1-12-9(11)6-7-10-8-4-2-3-5-8/h8,10H,2-7H2,1H3. The van der Waals surface area contributed by atoms with Crippen LogP contribution in [0.4, 0.5) is 0 Å². The van der Waals surface area contributed by atoms with Crippen LogP contribution in [-0.4, -0.2) is 25.7 Å². The molecular formula is C9H17NO2. The molecule has 0 atom stereocenters. The molecule has 0 bridgehead atoms. The van der Waals surface area contributed by atoms with E-state index in [1.807, 2.05) is 0 Å². The van der Waals surface area contributed by atoms with E-state index >= 15 is 0 Å². The Hall–Kier alpha value is -0.570. The Bertz CT molecular complexity index is 141. The van der Waals surface area contributed by atoms with Gasteiger partial charge in [0.05, 0.1) is 13.5 Å². The molecule has 0 heterocycles. The van der Waals surface area contributed by atoms with Gasteiger partial charge in [0.25, 0.3) is 0 Å². The van der Waals surface area contributed by atoms with Gasteiger partial charge in [-0.1, -0.05) is 12.8 Å². The summed E-state index contributed by atoms with van der Waals surface area (Å²) in [7, 11) is 1.43. The van der Waals surface area contributed by atoms with Gasteiger partial charge in [0, 0.05) is 12.6 Å². The van der Waals surface area contributed by atoms with Crippen molar-refractivity contribution in [3.8, 4) is 0 Å². The molecule has 0 amide bonds. The molecule has 0 aromatic carbocycles. The van der Waals surface area contributed by atoms with E-state index in [1.54, 1.807) is 0 Å². The average Bonchev–Trinajstić information content (AvgIpc) is 2.57. The first kappa shape index (κ1) is 9.52. The normalized spacial score (nSPS) is 18.1. The topological polar surface area (TPSA) is 38.3 Å². The lowest BCUT2D eigenvalue weighted by atomic mass is 10.2. The van der Waals surface area contributed by atoms with Crippen molar-refractivity contribution in [3.63, 3.8) is 0 Å². The minimum atomic E-state index is -0.125. The summed E-state index contributed by atoms with van der Waals surface area (Å²) in [5.74, 6) is -0.125. The largest absolute Gasteiger partial charge is 0.469 e. The highest BCUT2D eigenvalue weighted by atomic mass is 16.5. The highest BCUT2D eigenvalue weighted by molar-refractivity contribution is 5.69. The van der Waals surface area contributed by atoms with Gasteiger partial charge in [0.15, 0.2) is 0 Å². The number of hydrogen-bond acceptors (Lipinski definition) is 3. The van der Waals surface area contributed by atoms with Gasteiger partial charge < -0.3 is 10.1 Å². The zero-order valence-electron chi connectivity index (χ0n) is 7.64. The molecule has 1 saturated carbocycles. The van der Waals surface area contributed by atoms with E-state index in [9.17, 15) is 4.79 Å². The fourth-order valence-electron chi connectivity index (χ4n) is 1.61. The second-order valence-corrected chi connectivity index (χ2v) is 3.26. The maximum absolute atomic E-state index is 10.7. The third-order valence-electron chi connectivity index (χ3n) is 2.34. The van der Waals surface area contributed by atoms with Gasteiger partial charge in [-0.2, -0.15) is 0 Å². The van der Waals surface area contributed by atoms with Gasteiger partial charge in [0.2, 0.25) is 0 Å². The van der Waals surface area contributed by atoms with Crippen LogP contribution >= 0.6 is 0 Å². The lowest BCUT2D eigenvalue weighted by Gasteiger charge is -2.10. The van der Waals surface area contributed by atoms with Gasteiger partial charge in [-0.15, -0.1) is 0 Å². The Morgan fingerprint density at radius 1 is 1.50 bits per heavy atom. The maximum Gasteiger partial charge on any atom is 0.306 e. The van der Waals surface area contributed by atoms with Crippen LogP contribution in [0.2, 0.25) is 0 Å². The highest BCUT2D eigenvalue weighted by Crippen LogP contribution is 2.17. The second kappa shape index (κ2) is 5.14. The minimum Gasteiger partial charge on any atom is -0.469 e. The first-order valence-electron chi connectivity index (χ1n) is 4.63. The summed E-state index contributed by atoms with van der Waals surface area (Å²) >= 11 is 0. The van der Waals surface area contributed by atoms with Crippen molar-refractivity contribution in [1.29, 1.82) is 0 Å². The van der Waals surface area contributed by atoms with Crippen LogP contribution in [0.1, 0.15) is 32.1 Å². The molecule has 1 rings (SSSR count). The number of carbonyl (C=O) groups excluding carboxylic acids is 1. The Morgan fingerprint density at radius 2 is 2.17 bits per heavy atom. The van der Waals surface area contributed by atoms with E-state index in [4.69, 9.17) is 0 Å². The van der Waals surface area contributed by atoms with Crippen LogP contribution in [0.3, 0.4) is 0 Å². The van der Waals surface area contributed by atoms with Crippen molar-refractivity contribution in [2.45, 2.75) is 38.1 Å². The van der Waals surface area contributed by atoms with Crippen molar-refractivity contribution in [3.05, 3.63) is 0 Å². The monoisotopic (exact) mass is 171 g/mol. The summed E-state index contributed by atoms with van der Waals surface area (Å²) in [5, 5.41) is 3.35. The van der Waals surface area contributed by atoms with Crippen LogP contribution in [-0.2, 0) is 9.53 Å². The number of hydrogen-bond donors (Lipinski definition) is 1. The van der Waals surface area contributed by atoms with Crippen LogP contribution in [0.15, 0.2) is 0 Å². The SMILES string of the molecule is COC(=O)CCNC1CCCC1. The number of carbonyl (C=O) groups is 1. The van der Waals surface area contributed by atoms with Gasteiger partial charge >= 0.3 is 5.97 Å². The summed E-state index contributed by atoms with van der Waals surface area (Å²) in [4.78, 5) is 10.7. The molecule has 3 nitrogen and oxygen atoms in total. The van der Waals surface area contributed by atoms with Gasteiger partial charge in [-0.05, 0) is 12.8 Å². The average molecular weight is 171 g/mol. The summed E-state index contributed by atoms with van der Waals surface area (Å²) in [6.45, 7) is 0.761. The Balaban J connectivity index is 1.97. The molecule has 1 fully saturated rings. The Kier molecular flexibility index (Phi) is 4.08. The van der Waals surface area contributed by atoms with Crippen LogP contribution in [0, 0.1) is 0 Å². The van der Waals surface area contributed by atoms with E-state index in [0.717, 1.165) is 6.54 Å². The molecule has 3 heteroatoms. The van der Waals surface area contributed by atoms with Crippen molar-refractivity contribution in [2.75, 3.05) is 13.7 Å². The molecule has 0 unspecified atom stereocenters. The van der Waals surface area contributed by atoms with Crippen LogP contribution in [0.25, 0.3) is 0 Å². The quantitative estimate of drug-likeness (QED) is 0.643. The fourth-order valence-corrected chi connectivity index (χ4v) is 1.61. The molecule has 1 aliphatic carbocycles. The number of nitrogens with one attached hydrogen (secondary N) is 1. The third-order valence-corrected chi connectivity index (χ3v) is 2.34. The fraction of sp³-hybridized carbons (Fsp3) is 0.889. The summed E-state index contributed by atoms with van der Waals surface area (Å²) < 4.78 is 4.54. The molecule has 1 N–H and O–H groups in total. The minimum absolute atomic E-state index is 0.125. The Labute approximate surface area is 73.5 Å². The molecule has 1 aliphatic rings. The van der Waals surface area contributed by atoms with Gasteiger partial charge in [0.1, 0.15) is 0 Å². The lowest BCUT2D eigenvalue weighted by molar-refractivity contribution is -0.140. The van der Waals surface area contributed by atoms with Gasteiger partial charge in [-0.25, -0.2) is 0 Å². The number of ether oxygens (including phenoxy) is 1. The highest BCUT2D eigenvalue weighted by Gasteiger charge is 2.13. The first-order chi connectivity index (χ1) is 5.83. The number of methoxy groups -OCH3 is 1. The molecule has 0 aromatic heterocycles. The summed E-state index contributed by atoms with van der Waals surface area (Å²) in [5.41, 5.74) is 0. The van der Waals surface area contributed by atoms with Crippen molar-refractivity contribution < 1.29 is 9.53 Å². The molecule has 0 radical (unpaired) electrons. The molecule has 0 saturated heterocycles. The predicted molar refractivity (Wildman–Crippen MR) is 46.9 cm³/mol. The number of esters is 1. The molecule has 12 heavy (non-hydrogen) atoms. The van der Waals surface area contributed by atoms with E-state index < -0.39 is 0 Å². The molecular weight excluding hydrogens is 154 g/mol. The van der Waals surface area contributed by atoms with E-state index in [-0.39, 0.29) is 5.97 Å². The first-order valence-corrected chi connectivity index (χ1v) is 4.63. The van der Waals surface area contributed by atoms with Crippen LogP contribution in [0.5, 0.6) is 0 Å². The summed E-state index contributed by atoms with van der Waals surface area (Å²) in [6, 6.07) is 0.648.